The van der Waals surface area contributed by atoms with Crippen LogP contribution in [0.2, 0.25) is 0 Å². The number of thiophene rings is 1. The number of hydrogen-bond acceptors (Lipinski definition) is 2. The largest absolute Gasteiger partial charge is 0.349 e. The molecule has 1 amide bonds. The van der Waals surface area contributed by atoms with E-state index < -0.39 is 0 Å². The third-order valence-corrected chi connectivity index (χ3v) is 2.09. The molecule has 0 unspecified atom stereocenters. The van der Waals surface area contributed by atoms with E-state index in [0.717, 1.165) is 11.3 Å². The quantitative estimate of drug-likeness (QED) is 0.754. The molecule has 4 heteroatoms. The number of amides is 1. The molecular formula is C8H10FNOS. The Morgan fingerprint density at radius 1 is 1.58 bits per heavy atom. The lowest BCUT2D eigenvalue weighted by Crippen LogP contribution is -2.29. The second kappa shape index (κ2) is 3.67. The van der Waals surface area contributed by atoms with Crippen LogP contribution in [0.25, 0.3) is 0 Å². The fraction of sp³-hybridized carbons (Fsp3) is 0.375. The van der Waals surface area contributed by atoms with E-state index in [9.17, 15) is 9.18 Å². The van der Waals surface area contributed by atoms with Gasteiger partial charge in [-0.05, 0) is 26.0 Å². The van der Waals surface area contributed by atoms with Gasteiger partial charge >= 0.3 is 0 Å². The first-order chi connectivity index (χ1) is 5.59. The molecule has 0 bridgehead atoms. The third kappa shape index (κ3) is 2.30. The van der Waals surface area contributed by atoms with Crippen molar-refractivity contribution in [1.29, 1.82) is 0 Å². The fourth-order valence-corrected chi connectivity index (χ4v) is 1.40. The lowest BCUT2D eigenvalue weighted by atomic mass is 10.3. The van der Waals surface area contributed by atoms with Gasteiger partial charge in [-0.3, -0.25) is 4.79 Å². The van der Waals surface area contributed by atoms with Gasteiger partial charge in [0, 0.05) is 6.04 Å². The average Bonchev–Trinajstić information content (AvgIpc) is 2.34. The highest BCUT2D eigenvalue weighted by molar-refractivity contribution is 7.12. The van der Waals surface area contributed by atoms with E-state index in [4.69, 9.17) is 0 Å². The van der Waals surface area contributed by atoms with Crippen LogP contribution in [0.1, 0.15) is 23.5 Å². The van der Waals surface area contributed by atoms with Crippen molar-refractivity contribution in [3.63, 3.8) is 0 Å². The molecule has 0 aliphatic heterocycles. The number of carbonyl (C=O) groups is 1. The number of nitrogens with one attached hydrogen (secondary N) is 1. The highest BCUT2D eigenvalue weighted by atomic mass is 32.1. The lowest BCUT2D eigenvalue weighted by molar-refractivity contribution is 0.0947. The summed E-state index contributed by atoms with van der Waals surface area (Å²) < 4.78 is 12.5. The van der Waals surface area contributed by atoms with Gasteiger partial charge in [-0.25, -0.2) is 0 Å². The Morgan fingerprint density at radius 2 is 2.25 bits per heavy atom. The van der Waals surface area contributed by atoms with Crippen molar-refractivity contribution in [3.8, 4) is 0 Å². The summed E-state index contributed by atoms with van der Waals surface area (Å²) in [5.74, 6) is -0.209. The first-order valence-electron chi connectivity index (χ1n) is 3.66. The van der Waals surface area contributed by atoms with Gasteiger partial charge in [-0.1, -0.05) is 0 Å². The Bertz CT molecular complexity index is 282. The van der Waals surface area contributed by atoms with Crippen molar-refractivity contribution in [2.45, 2.75) is 19.9 Å². The van der Waals surface area contributed by atoms with E-state index in [1.807, 2.05) is 13.8 Å². The number of halogens is 1. The first kappa shape index (κ1) is 9.19. The number of carbonyl (C=O) groups excluding carboxylic acids is 1. The van der Waals surface area contributed by atoms with Crippen molar-refractivity contribution >= 4 is 17.2 Å². The van der Waals surface area contributed by atoms with Crippen LogP contribution in [0.5, 0.6) is 0 Å². The molecule has 1 heterocycles. The van der Waals surface area contributed by atoms with Crippen molar-refractivity contribution < 1.29 is 9.18 Å². The summed E-state index contributed by atoms with van der Waals surface area (Å²) in [4.78, 5) is 11.6. The van der Waals surface area contributed by atoms with E-state index in [-0.39, 0.29) is 17.1 Å². The maximum absolute atomic E-state index is 12.5. The lowest BCUT2D eigenvalue weighted by Gasteiger charge is -2.05. The molecule has 0 atom stereocenters. The zero-order valence-electron chi connectivity index (χ0n) is 6.93. The van der Waals surface area contributed by atoms with Crippen LogP contribution in [0.15, 0.2) is 12.1 Å². The molecule has 0 spiro atoms. The van der Waals surface area contributed by atoms with Crippen molar-refractivity contribution in [2.24, 2.45) is 0 Å². The fourth-order valence-electron chi connectivity index (χ4n) is 0.770. The van der Waals surface area contributed by atoms with Crippen molar-refractivity contribution in [2.75, 3.05) is 0 Å². The van der Waals surface area contributed by atoms with Crippen LogP contribution in [0.4, 0.5) is 4.39 Å². The Morgan fingerprint density at radius 3 is 2.67 bits per heavy atom. The van der Waals surface area contributed by atoms with Gasteiger partial charge in [0.1, 0.15) is 0 Å². The van der Waals surface area contributed by atoms with E-state index in [0.29, 0.717) is 4.88 Å². The summed E-state index contributed by atoms with van der Waals surface area (Å²) in [5.41, 5.74) is 0. The SMILES string of the molecule is CC(C)NC(=O)c1ccc(F)s1. The minimum Gasteiger partial charge on any atom is -0.349 e. The topological polar surface area (TPSA) is 29.1 Å². The Hall–Kier alpha value is -0.900. The van der Waals surface area contributed by atoms with Crippen LogP contribution in [-0.4, -0.2) is 11.9 Å². The molecular weight excluding hydrogens is 177 g/mol. The monoisotopic (exact) mass is 187 g/mol. The molecule has 66 valence electrons. The van der Waals surface area contributed by atoms with E-state index in [2.05, 4.69) is 5.32 Å². The molecule has 2 nitrogen and oxygen atoms in total. The molecule has 12 heavy (non-hydrogen) atoms. The summed E-state index contributed by atoms with van der Waals surface area (Å²) in [6, 6.07) is 2.86. The van der Waals surface area contributed by atoms with Crippen LogP contribution in [-0.2, 0) is 0 Å². The average molecular weight is 187 g/mol. The van der Waals surface area contributed by atoms with Gasteiger partial charge in [0.05, 0.1) is 4.88 Å². The molecule has 0 aliphatic rings. The predicted molar refractivity (Wildman–Crippen MR) is 46.9 cm³/mol. The Labute approximate surface area is 74.4 Å². The molecule has 0 aromatic carbocycles. The predicted octanol–water partition coefficient (Wildman–Crippen LogP) is 2.03. The maximum Gasteiger partial charge on any atom is 0.261 e. The molecule has 0 saturated heterocycles. The highest BCUT2D eigenvalue weighted by Gasteiger charge is 2.09. The number of rotatable bonds is 2. The highest BCUT2D eigenvalue weighted by Crippen LogP contribution is 2.13. The maximum atomic E-state index is 12.5. The minimum absolute atomic E-state index is 0.0858. The Kier molecular flexibility index (Phi) is 2.81. The van der Waals surface area contributed by atoms with E-state index >= 15 is 0 Å². The minimum atomic E-state index is -0.330. The molecule has 1 N–H and O–H groups in total. The molecule has 1 aromatic rings. The standard InChI is InChI=1S/C8H10FNOS/c1-5(2)10-8(11)6-3-4-7(9)12-6/h3-5H,1-2H3,(H,10,11). The zero-order valence-corrected chi connectivity index (χ0v) is 7.74. The summed E-state index contributed by atoms with van der Waals surface area (Å²) in [7, 11) is 0. The first-order valence-corrected chi connectivity index (χ1v) is 4.47. The van der Waals surface area contributed by atoms with Gasteiger partial charge in [-0.2, -0.15) is 4.39 Å². The van der Waals surface area contributed by atoms with Gasteiger partial charge in [-0.15, -0.1) is 11.3 Å². The smallest absolute Gasteiger partial charge is 0.261 e. The van der Waals surface area contributed by atoms with Gasteiger partial charge < -0.3 is 5.32 Å². The molecule has 1 aromatic heterocycles. The summed E-state index contributed by atoms with van der Waals surface area (Å²) in [5, 5.41) is 2.35. The van der Waals surface area contributed by atoms with E-state index in [1.165, 1.54) is 12.1 Å². The van der Waals surface area contributed by atoms with Crippen LogP contribution in [0, 0.1) is 5.13 Å². The third-order valence-electron chi connectivity index (χ3n) is 1.22. The molecule has 1 rings (SSSR count). The second-order valence-corrected chi connectivity index (χ2v) is 3.77. The zero-order chi connectivity index (χ0) is 9.14. The number of hydrogen-bond donors (Lipinski definition) is 1. The van der Waals surface area contributed by atoms with Crippen LogP contribution >= 0.6 is 11.3 Å². The van der Waals surface area contributed by atoms with Crippen molar-refractivity contribution in [1.82, 2.24) is 5.32 Å². The summed E-state index contributed by atoms with van der Waals surface area (Å²) >= 11 is 0.859. The molecule has 0 aliphatic carbocycles. The normalized spacial score (nSPS) is 10.3. The van der Waals surface area contributed by atoms with Gasteiger partial charge in [0.15, 0.2) is 5.13 Å². The van der Waals surface area contributed by atoms with Gasteiger partial charge in [0.2, 0.25) is 0 Å². The van der Waals surface area contributed by atoms with Crippen molar-refractivity contribution in [3.05, 3.63) is 22.1 Å². The summed E-state index contributed by atoms with van der Waals surface area (Å²) in [6.45, 7) is 3.73. The van der Waals surface area contributed by atoms with Crippen LogP contribution < -0.4 is 5.32 Å². The van der Waals surface area contributed by atoms with Gasteiger partial charge in [0.25, 0.3) is 5.91 Å². The molecule has 0 saturated carbocycles. The van der Waals surface area contributed by atoms with Crippen LogP contribution in [0.3, 0.4) is 0 Å². The molecule has 0 radical (unpaired) electrons. The second-order valence-electron chi connectivity index (χ2n) is 2.73. The van der Waals surface area contributed by atoms with E-state index in [1.54, 1.807) is 0 Å². The summed E-state index contributed by atoms with van der Waals surface area (Å²) in [6.07, 6.45) is 0. The molecule has 0 fully saturated rings. The Balaban J connectivity index is 2.65.